The summed E-state index contributed by atoms with van der Waals surface area (Å²) in [6.07, 6.45) is 0.761. The van der Waals surface area contributed by atoms with Crippen molar-refractivity contribution >= 4 is 0 Å². The molecule has 0 saturated carbocycles. The summed E-state index contributed by atoms with van der Waals surface area (Å²) in [7, 11) is 3.34. The lowest BCUT2D eigenvalue weighted by atomic mass is 9.92. The Morgan fingerprint density at radius 1 is 0.909 bits per heavy atom. The van der Waals surface area contributed by atoms with Gasteiger partial charge in [0.15, 0.2) is 11.5 Å². The molecule has 0 heterocycles. The van der Waals surface area contributed by atoms with Crippen molar-refractivity contribution in [3.63, 3.8) is 0 Å². The van der Waals surface area contributed by atoms with Gasteiger partial charge in [0.25, 0.3) is 0 Å². The van der Waals surface area contributed by atoms with Crippen LogP contribution in [-0.2, 0) is 6.42 Å². The molecular formula is C19H25NO2. The van der Waals surface area contributed by atoms with Crippen LogP contribution in [0.2, 0.25) is 0 Å². The topological polar surface area (TPSA) is 44.5 Å². The van der Waals surface area contributed by atoms with E-state index in [1.807, 2.05) is 6.07 Å². The fraction of sp³-hybridized carbons (Fsp3) is 0.368. The molecular weight excluding hydrogens is 274 g/mol. The van der Waals surface area contributed by atoms with Crippen LogP contribution in [0.1, 0.15) is 22.3 Å². The second-order valence-electron chi connectivity index (χ2n) is 5.68. The molecule has 0 saturated heterocycles. The molecule has 0 unspecified atom stereocenters. The van der Waals surface area contributed by atoms with Crippen LogP contribution in [0, 0.1) is 20.8 Å². The Hall–Kier alpha value is -2.00. The Kier molecular flexibility index (Phi) is 5.09. The van der Waals surface area contributed by atoms with Gasteiger partial charge in [-0.15, -0.1) is 0 Å². The summed E-state index contributed by atoms with van der Waals surface area (Å²) in [5.41, 5.74) is 13.0. The molecule has 0 spiro atoms. The average Bonchev–Trinajstić information content (AvgIpc) is 2.46. The Labute approximate surface area is 133 Å². The van der Waals surface area contributed by atoms with Gasteiger partial charge in [-0.3, -0.25) is 0 Å². The molecule has 3 nitrogen and oxygen atoms in total. The first kappa shape index (κ1) is 16.4. The SMILES string of the molecule is COc1cc(-c2c(C)cc(C)cc2C)cc(CCN)c1OC. The maximum absolute atomic E-state index is 5.75. The van der Waals surface area contributed by atoms with E-state index in [0.717, 1.165) is 29.0 Å². The molecule has 2 aromatic carbocycles. The maximum atomic E-state index is 5.75. The van der Waals surface area contributed by atoms with Crippen LogP contribution in [0.3, 0.4) is 0 Å². The second-order valence-corrected chi connectivity index (χ2v) is 5.68. The van der Waals surface area contributed by atoms with Gasteiger partial charge in [-0.25, -0.2) is 0 Å². The molecule has 0 atom stereocenters. The molecule has 118 valence electrons. The van der Waals surface area contributed by atoms with Crippen molar-refractivity contribution in [2.45, 2.75) is 27.2 Å². The molecule has 2 aromatic rings. The Bertz CT molecular complexity index is 654. The van der Waals surface area contributed by atoms with Crippen LogP contribution in [0.5, 0.6) is 11.5 Å². The van der Waals surface area contributed by atoms with Gasteiger partial charge in [0.05, 0.1) is 14.2 Å². The minimum absolute atomic E-state index is 0.578. The van der Waals surface area contributed by atoms with Crippen LogP contribution < -0.4 is 15.2 Å². The molecule has 22 heavy (non-hydrogen) atoms. The van der Waals surface area contributed by atoms with Gasteiger partial charge in [0.1, 0.15) is 0 Å². The van der Waals surface area contributed by atoms with Gasteiger partial charge in [-0.1, -0.05) is 17.7 Å². The molecule has 0 fully saturated rings. The van der Waals surface area contributed by atoms with E-state index in [0.29, 0.717) is 6.54 Å². The number of aryl methyl sites for hydroxylation is 3. The fourth-order valence-electron chi connectivity index (χ4n) is 3.16. The highest BCUT2D eigenvalue weighted by atomic mass is 16.5. The highest BCUT2D eigenvalue weighted by molar-refractivity contribution is 5.75. The summed E-state index contributed by atoms with van der Waals surface area (Å²) in [4.78, 5) is 0. The summed E-state index contributed by atoms with van der Waals surface area (Å²) < 4.78 is 11.0. The number of hydrogen-bond acceptors (Lipinski definition) is 3. The third kappa shape index (κ3) is 3.09. The summed E-state index contributed by atoms with van der Waals surface area (Å²) >= 11 is 0. The number of benzene rings is 2. The minimum atomic E-state index is 0.578. The highest BCUT2D eigenvalue weighted by Gasteiger charge is 2.15. The quantitative estimate of drug-likeness (QED) is 0.913. The number of hydrogen-bond donors (Lipinski definition) is 1. The zero-order valence-corrected chi connectivity index (χ0v) is 14.1. The van der Waals surface area contributed by atoms with Crippen molar-refractivity contribution in [3.05, 3.63) is 46.5 Å². The average molecular weight is 299 g/mol. The number of nitrogens with two attached hydrogens (primary N) is 1. The molecule has 2 rings (SSSR count). The molecule has 3 heteroatoms. The molecule has 0 aliphatic carbocycles. The zero-order chi connectivity index (χ0) is 16.3. The van der Waals surface area contributed by atoms with Gasteiger partial charge in [-0.2, -0.15) is 0 Å². The molecule has 0 amide bonds. The van der Waals surface area contributed by atoms with Crippen LogP contribution in [0.25, 0.3) is 11.1 Å². The van der Waals surface area contributed by atoms with Crippen LogP contribution in [0.15, 0.2) is 24.3 Å². The van der Waals surface area contributed by atoms with E-state index in [4.69, 9.17) is 15.2 Å². The Morgan fingerprint density at radius 3 is 2.05 bits per heavy atom. The Morgan fingerprint density at radius 2 is 1.55 bits per heavy atom. The van der Waals surface area contributed by atoms with E-state index in [1.165, 1.54) is 22.3 Å². The smallest absolute Gasteiger partial charge is 0.163 e. The number of rotatable bonds is 5. The van der Waals surface area contributed by atoms with Gasteiger partial charge in [0, 0.05) is 0 Å². The number of ether oxygens (including phenoxy) is 2. The first-order valence-corrected chi connectivity index (χ1v) is 7.55. The molecule has 0 bridgehead atoms. The lowest BCUT2D eigenvalue weighted by Gasteiger charge is -2.17. The van der Waals surface area contributed by atoms with E-state index in [9.17, 15) is 0 Å². The van der Waals surface area contributed by atoms with Crippen LogP contribution >= 0.6 is 0 Å². The van der Waals surface area contributed by atoms with E-state index >= 15 is 0 Å². The van der Waals surface area contributed by atoms with Crippen molar-refractivity contribution in [2.24, 2.45) is 5.73 Å². The van der Waals surface area contributed by atoms with Crippen molar-refractivity contribution in [1.82, 2.24) is 0 Å². The molecule has 0 aliphatic rings. The summed E-state index contributed by atoms with van der Waals surface area (Å²) in [5.74, 6) is 1.53. The van der Waals surface area contributed by atoms with E-state index < -0.39 is 0 Å². The van der Waals surface area contributed by atoms with Crippen LogP contribution in [0.4, 0.5) is 0 Å². The summed E-state index contributed by atoms with van der Waals surface area (Å²) in [6, 6.07) is 8.63. The zero-order valence-electron chi connectivity index (χ0n) is 14.1. The second kappa shape index (κ2) is 6.84. The fourth-order valence-corrected chi connectivity index (χ4v) is 3.16. The van der Waals surface area contributed by atoms with E-state index in [1.54, 1.807) is 14.2 Å². The van der Waals surface area contributed by atoms with E-state index in [2.05, 4.69) is 39.0 Å². The van der Waals surface area contributed by atoms with Crippen LogP contribution in [-0.4, -0.2) is 20.8 Å². The predicted octanol–water partition coefficient (Wildman–Crippen LogP) is 3.80. The monoisotopic (exact) mass is 299 g/mol. The molecule has 2 N–H and O–H groups in total. The lowest BCUT2D eigenvalue weighted by molar-refractivity contribution is 0.352. The molecule has 0 radical (unpaired) electrons. The standard InChI is InChI=1S/C19H25NO2/c1-12-8-13(2)18(14(3)9-12)16-10-15(6-7-20)19(22-5)17(11-16)21-4/h8-11H,6-7,20H2,1-5H3. The third-order valence-electron chi connectivity index (χ3n) is 3.94. The summed E-state index contributed by atoms with van der Waals surface area (Å²) in [5, 5.41) is 0. The largest absolute Gasteiger partial charge is 0.493 e. The van der Waals surface area contributed by atoms with Gasteiger partial charge in [0.2, 0.25) is 0 Å². The number of methoxy groups -OCH3 is 2. The van der Waals surface area contributed by atoms with Gasteiger partial charge >= 0.3 is 0 Å². The maximum Gasteiger partial charge on any atom is 0.163 e. The minimum Gasteiger partial charge on any atom is -0.493 e. The van der Waals surface area contributed by atoms with Crippen molar-refractivity contribution in [1.29, 1.82) is 0 Å². The normalized spacial score (nSPS) is 10.6. The van der Waals surface area contributed by atoms with Gasteiger partial charge < -0.3 is 15.2 Å². The predicted molar refractivity (Wildman–Crippen MR) is 92.0 cm³/mol. The van der Waals surface area contributed by atoms with Gasteiger partial charge in [-0.05, 0) is 73.7 Å². The lowest BCUT2D eigenvalue weighted by Crippen LogP contribution is -2.06. The van der Waals surface area contributed by atoms with Crippen molar-refractivity contribution in [3.8, 4) is 22.6 Å². The van der Waals surface area contributed by atoms with E-state index in [-0.39, 0.29) is 0 Å². The first-order valence-electron chi connectivity index (χ1n) is 7.55. The molecule has 0 aliphatic heterocycles. The highest BCUT2D eigenvalue weighted by Crippen LogP contribution is 2.38. The first-order chi connectivity index (χ1) is 10.5. The van der Waals surface area contributed by atoms with Crippen molar-refractivity contribution in [2.75, 3.05) is 20.8 Å². The summed E-state index contributed by atoms with van der Waals surface area (Å²) in [6.45, 7) is 7.00. The van der Waals surface area contributed by atoms with Crippen molar-refractivity contribution < 1.29 is 9.47 Å². The molecule has 0 aromatic heterocycles. The third-order valence-corrected chi connectivity index (χ3v) is 3.94. The Balaban J connectivity index is 2.68.